The Balaban J connectivity index is 3.44. The molecule has 0 N–H and O–H groups in total. The van der Waals surface area contributed by atoms with E-state index in [1.54, 1.807) is 13.8 Å². The zero-order chi connectivity index (χ0) is 13.2. The predicted octanol–water partition coefficient (Wildman–Crippen LogP) is 2.50. The molecule has 0 radical (unpaired) electrons. The predicted molar refractivity (Wildman–Crippen MR) is 65.5 cm³/mol. The maximum Gasteiger partial charge on any atom is 0.355 e. The molecular weight excluding hydrogens is 218 g/mol. The van der Waals surface area contributed by atoms with Crippen LogP contribution in [0.2, 0.25) is 0 Å². The molecule has 0 saturated heterocycles. The van der Waals surface area contributed by atoms with Gasteiger partial charge in [-0.25, -0.2) is 4.79 Å². The van der Waals surface area contributed by atoms with Crippen molar-refractivity contribution >= 4 is 11.8 Å². The van der Waals surface area contributed by atoms with Crippen LogP contribution >= 0.6 is 0 Å². The second kappa shape index (κ2) is 5.17. The number of rotatable bonds is 4. The summed E-state index contributed by atoms with van der Waals surface area (Å²) in [4.78, 5) is 23.5. The lowest BCUT2D eigenvalue weighted by Crippen LogP contribution is -2.13. The summed E-state index contributed by atoms with van der Waals surface area (Å²) in [5.74, 6) is -0.375. The summed E-state index contributed by atoms with van der Waals surface area (Å²) in [5, 5.41) is 0. The van der Waals surface area contributed by atoms with Crippen LogP contribution in [0.15, 0.2) is 0 Å². The van der Waals surface area contributed by atoms with Gasteiger partial charge >= 0.3 is 5.97 Å². The van der Waals surface area contributed by atoms with Crippen molar-refractivity contribution in [2.24, 2.45) is 0 Å². The topological polar surface area (TPSA) is 48.3 Å². The Morgan fingerprint density at radius 2 is 1.82 bits per heavy atom. The fraction of sp³-hybridized carbons (Fsp3) is 0.538. The molecule has 0 aliphatic carbocycles. The molecular formula is C13H19NO3. The molecule has 17 heavy (non-hydrogen) atoms. The third-order valence-corrected chi connectivity index (χ3v) is 2.90. The minimum atomic E-state index is -0.359. The molecule has 0 fully saturated rings. The Morgan fingerprint density at radius 1 is 1.24 bits per heavy atom. The third kappa shape index (κ3) is 2.25. The number of hydrogen-bond donors (Lipinski definition) is 0. The molecule has 0 saturated carbocycles. The molecule has 1 heterocycles. The minimum Gasteiger partial charge on any atom is -0.461 e. The van der Waals surface area contributed by atoms with Crippen LogP contribution in [-0.4, -0.2) is 22.9 Å². The molecule has 0 spiro atoms. The van der Waals surface area contributed by atoms with Gasteiger partial charge < -0.3 is 9.30 Å². The number of esters is 1. The highest BCUT2D eigenvalue weighted by Gasteiger charge is 2.24. The number of ether oxygens (including phenoxy) is 1. The molecule has 0 atom stereocenters. The van der Waals surface area contributed by atoms with E-state index in [0.717, 1.165) is 11.3 Å². The summed E-state index contributed by atoms with van der Waals surface area (Å²) in [7, 11) is 0. The summed E-state index contributed by atoms with van der Waals surface area (Å²) in [5.41, 5.74) is 2.68. The maximum absolute atomic E-state index is 11.9. The molecule has 1 rings (SSSR count). The van der Waals surface area contributed by atoms with Crippen LogP contribution in [0.3, 0.4) is 0 Å². The monoisotopic (exact) mass is 237 g/mol. The quantitative estimate of drug-likeness (QED) is 0.597. The molecule has 94 valence electrons. The molecule has 4 nitrogen and oxygen atoms in total. The molecule has 1 aromatic rings. The third-order valence-electron chi connectivity index (χ3n) is 2.90. The van der Waals surface area contributed by atoms with Crippen molar-refractivity contribution in [1.29, 1.82) is 0 Å². The van der Waals surface area contributed by atoms with E-state index in [1.807, 2.05) is 18.4 Å². The first-order valence-corrected chi connectivity index (χ1v) is 5.83. The lowest BCUT2D eigenvalue weighted by Gasteiger charge is -2.08. The van der Waals surface area contributed by atoms with Crippen molar-refractivity contribution in [2.75, 3.05) is 6.61 Å². The van der Waals surface area contributed by atoms with Crippen LogP contribution in [0.4, 0.5) is 0 Å². The van der Waals surface area contributed by atoms with Gasteiger partial charge in [0.15, 0.2) is 5.78 Å². The van der Waals surface area contributed by atoms with Crippen molar-refractivity contribution in [3.63, 3.8) is 0 Å². The number of hydrogen-bond acceptors (Lipinski definition) is 3. The van der Waals surface area contributed by atoms with E-state index in [4.69, 9.17) is 4.74 Å². The van der Waals surface area contributed by atoms with E-state index >= 15 is 0 Å². The number of carbonyl (C=O) groups excluding carboxylic acids is 2. The molecule has 0 aliphatic heterocycles. The Labute approximate surface area is 102 Å². The van der Waals surface area contributed by atoms with Crippen molar-refractivity contribution in [3.05, 3.63) is 22.5 Å². The number of carbonyl (C=O) groups is 2. The molecule has 0 amide bonds. The zero-order valence-electron chi connectivity index (χ0n) is 11.1. The molecule has 1 aromatic heterocycles. The summed E-state index contributed by atoms with van der Waals surface area (Å²) in [6.07, 6.45) is 0. The number of ketones is 1. The SMILES string of the molecule is CCOC(=O)c1c(C)c(C(C)=O)c(C)n1CC. The summed E-state index contributed by atoms with van der Waals surface area (Å²) in [6.45, 7) is 9.86. The van der Waals surface area contributed by atoms with E-state index in [1.165, 1.54) is 6.92 Å². The number of Topliss-reactive ketones (excluding diaryl/α,β-unsaturated/α-hetero) is 1. The van der Waals surface area contributed by atoms with E-state index in [2.05, 4.69) is 0 Å². The fourth-order valence-corrected chi connectivity index (χ4v) is 2.27. The van der Waals surface area contributed by atoms with Crippen LogP contribution in [-0.2, 0) is 11.3 Å². The number of nitrogens with zero attached hydrogens (tertiary/aromatic N) is 1. The zero-order valence-corrected chi connectivity index (χ0v) is 11.1. The fourth-order valence-electron chi connectivity index (χ4n) is 2.27. The van der Waals surface area contributed by atoms with Crippen LogP contribution in [0.1, 0.15) is 52.9 Å². The summed E-state index contributed by atoms with van der Waals surface area (Å²) < 4.78 is 6.87. The van der Waals surface area contributed by atoms with Gasteiger partial charge in [-0.05, 0) is 40.2 Å². The standard InChI is InChI=1S/C13H19NO3/c1-6-14-9(4)11(10(5)15)8(3)12(14)13(16)17-7-2/h6-7H2,1-5H3. The largest absolute Gasteiger partial charge is 0.461 e. The Bertz CT molecular complexity index is 458. The summed E-state index contributed by atoms with van der Waals surface area (Å²) in [6, 6.07) is 0. The van der Waals surface area contributed by atoms with Gasteiger partial charge in [0, 0.05) is 17.8 Å². The average molecular weight is 237 g/mol. The smallest absolute Gasteiger partial charge is 0.355 e. The van der Waals surface area contributed by atoms with E-state index in [9.17, 15) is 9.59 Å². The Morgan fingerprint density at radius 3 is 2.24 bits per heavy atom. The highest BCUT2D eigenvalue weighted by Crippen LogP contribution is 2.23. The lowest BCUT2D eigenvalue weighted by atomic mass is 10.1. The van der Waals surface area contributed by atoms with Gasteiger partial charge in [0.05, 0.1) is 6.61 Å². The van der Waals surface area contributed by atoms with Crippen LogP contribution in [0.5, 0.6) is 0 Å². The molecule has 0 aliphatic rings. The van der Waals surface area contributed by atoms with E-state index < -0.39 is 0 Å². The molecule has 4 heteroatoms. The van der Waals surface area contributed by atoms with Gasteiger partial charge in [-0.1, -0.05) is 0 Å². The van der Waals surface area contributed by atoms with Gasteiger partial charge in [0.2, 0.25) is 0 Å². The molecule has 0 aromatic carbocycles. The normalized spacial score (nSPS) is 10.4. The second-order valence-electron chi connectivity index (χ2n) is 3.95. The van der Waals surface area contributed by atoms with Crippen molar-refractivity contribution < 1.29 is 14.3 Å². The second-order valence-corrected chi connectivity index (χ2v) is 3.95. The van der Waals surface area contributed by atoms with Gasteiger partial charge in [0.25, 0.3) is 0 Å². The Hall–Kier alpha value is -1.58. The highest BCUT2D eigenvalue weighted by atomic mass is 16.5. The van der Waals surface area contributed by atoms with E-state index in [-0.39, 0.29) is 11.8 Å². The maximum atomic E-state index is 11.9. The lowest BCUT2D eigenvalue weighted by molar-refractivity contribution is 0.0512. The van der Waals surface area contributed by atoms with Crippen LogP contribution in [0.25, 0.3) is 0 Å². The summed E-state index contributed by atoms with van der Waals surface area (Å²) >= 11 is 0. The van der Waals surface area contributed by atoms with E-state index in [0.29, 0.717) is 24.4 Å². The highest BCUT2D eigenvalue weighted by molar-refractivity contribution is 6.01. The van der Waals surface area contributed by atoms with Gasteiger partial charge in [-0.3, -0.25) is 4.79 Å². The van der Waals surface area contributed by atoms with Gasteiger partial charge in [0.1, 0.15) is 5.69 Å². The minimum absolute atomic E-state index is 0.0160. The average Bonchev–Trinajstić information content (AvgIpc) is 2.49. The van der Waals surface area contributed by atoms with Crippen LogP contribution < -0.4 is 0 Å². The number of aromatic nitrogens is 1. The first kappa shape index (κ1) is 13.5. The first-order valence-electron chi connectivity index (χ1n) is 5.83. The van der Waals surface area contributed by atoms with Gasteiger partial charge in [-0.2, -0.15) is 0 Å². The van der Waals surface area contributed by atoms with Crippen molar-refractivity contribution in [1.82, 2.24) is 4.57 Å². The van der Waals surface area contributed by atoms with Crippen LogP contribution in [0, 0.1) is 13.8 Å². The first-order chi connectivity index (χ1) is 7.95. The molecule has 0 unspecified atom stereocenters. The van der Waals surface area contributed by atoms with Gasteiger partial charge in [-0.15, -0.1) is 0 Å². The molecule has 0 bridgehead atoms. The Kier molecular flexibility index (Phi) is 4.10. The van der Waals surface area contributed by atoms with Crippen molar-refractivity contribution in [2.45, 2.75) is 41.2 Å². The van der Waals surface area contributed by atoms with Crippen molar-refractivity contribution in [3.8, 4) is 0 Å².